The second-order valence-electron chi connectivity index (χ2n) is 6.14. The van der Waals surface area contributed by atoms with E-state index in [2.05, 4.69) is 27.9 Å². The Hall–Kier alpha value is -1.32. The van der Waals surface area contributed by atoms with Crippen LogP contribution in [0.1, 0.15) is 18.4 Å². The number of halogens is 2. The van der Waals surface area contributed by atoms with Gasteiger partial charge in [-0.05, 0) is 77.4 Å². The van der Waals surface area contributed by atoms with Gasteiger partial charge in [0.2, 0.25) is 15.9 Å². The molecule has 0 fully saturated rings. The highest BCUT2D eigenvalue weighted by Gasteiger charge is 2.17. The van der Waals surface area contributed by atoms with E-state index in [0.717, 1.165) is 15.6 Å². The summed E-state index contributed by atoms with van der Waals surface area (Å²) in [6.45, 7) is 0.803. The maximum absolute atomic E-state index is 12.1. The van der Waals surface area contributed by atoms with Crippen molar-refractivity contribution in [3.8, 4) is 0 Å². The van der Waals surface area contributed by atoms with Gasteiger partial charge in [0.15, 0.2) is 0 Å². The van der Waals surface area contributed by atoms with Gasteiger partial charge in [0.25, 0.3) is 0 Å². The van der Waals surface area contributed by atoms with Crippen LogP contribution in [0.5, 0.6) is 0 Å². The van der Waals surface area contributed by atoms with Gasteiger partial charge in [0.05, 0.1) is 11.9 Å². The van der Waals surface area contributed by atoms with Crippen LogP contribution in [-0.2, 0) is 21.2 Å². The van der Waals surface area contributed by atoms with Crippen molar-refractivity contribution in [2.24, 2.45) is 0 Å². The van der Waals surface area contributed by atoms with E-state index in [-0.39, 0.29) is 18.9 Å². The van der Waals surface area contributed by atoms with Crippen LogP contribution < -0.4 is 9.62 Å². The zero-order chi connectivity index (χ0) is 19.9. The molecule has 0 radical (unpaired) electrons. The number of sulfonamides is 1. The Morgan fingerprint density at radius 1 is 1.11 bits per heavy atom. The minimum atomic E-state index is -3.40. The van der Waals surface area contributed by atoms with Crippen molar-refractivity contribution in [3.05, 3.63) is 62.7 Å². The second-order valence-corrected chi connectivity index (χ2v) is 9.73. The smallest absolute Gasteiger partial charge is 0.232 e. The van der Waals surface area contributed by atoms with Crippen LogP contribution in [0, 0.1) is 3.57 Å². The molecule has 0 bridgehead atoms. The van der Waals surface area contributed by atoms with E-state index in [0.29, 0.717) is 23.7 Å². The van der Waals surface area contributed by atoms with Crippen molar-refractivity contribution in [2.45, 2.75) is 19.3 Å². The van der Waals surface area contributed by atoms with Gasteiger partial charge in [-0.25, -0.2) is 8.42 Å². The summed E-state index contributed by atoms with van der Waals surface area (Å²) in [5, 5.41) is 3.55. The van der Waals surface area contributed by atoms with Crippen molar-refractivity contribution in [1.29, 1.82) is 0 Å². The van der Waals surface area contributed by atoms with Crippen LogP contribution in [0.15, 0.2) is 48.5 Å². The molecule has 0 aliphatic heterocycles. The summed E-state index contributed by atoms with van der Waals surface area (Å²) in [6, 6.07) is 14.8. The SMILES string of the molecule is CS(=O)(=O)N(CCCC(=O)NCCc1ccc(Cl)cc1)c1ccc(I)cc1. The summed E-state index contributed by atoms with van der Waals surface area (Å²) in [5.41, 5.74) is 1.71. The molecule has 2 aromatic rings. The normalized spacial score (nSPS) is 11.2. The fourth-order valence-corrected chi connectivity index (χ4v) is 4.01. The lowest BCUT2D eigenvalue weighted by molar-refractivity contribution is -0.121. The van der Waals surface area contributed by atoms with Gasteiger partial charge < -0.3 is 5.32 Å². The second kappa shape index (κ2) is 10.3. The molecule has 0 saturated heterocycles. The Balaban J connectivity index is 1.79. The summed E-state index contributed by atoms with van der Waals surface area (Å²) >= 11 is 8.02. The van der Waals surface area contributed by atoms with Crippen LogP contribution in [-0.4, -0.2) is 33.7 Å². The lowest BCUT2D eigenvalue weighted by Crippen LogP contribution is -2.32. The largest absolute Gasteiger partial charge is 0.356 e. The number of nitrogens with one attached hydrogen (secondary N) is 1. The first-order valence-corrected chi connectivity index (χ1v) is 11.8. The highest BCUT2D eigenvalue weighted by Crippen LogP contribution is 2.19. The van der Waals surface area contributed by atoms with E-state index in [1.807, 2.05) is 36.4 Å². The summed E-state index contributed by atoms with van der Waals surface area (Å²) in [7, 11) is -3.40. The number of nitrogens with zero attached hydrogens (tertiary/aromatic N) is 1. The van der Waals surface area contributed by atoms with Gasteiger partial charge in [0, 0.05) is 28.1 Å². The summed E-state index contributed by atoms with van der Waals surface area (Å²) in [5.74, 6) is -0.0833. The number of benzene rings is 2. The highest BCUT2D eigenvalue weighted by atomic mass is 127. The number of rotatable bonds is 9. The minimum Gasteiger partial charge on any atom is -0.356 e. The average Bonchev–Trinajstić information content (AvgIpc) is 2.60. The number of carbonyl (C=O) groups is 1. The predicted molar refractivity (Wildman–Crippen MR) is 119 cm³/mol. The van der Waals surface area contributed by atoms with Crippen LogP contribution in [0.25, 0.3) is 0 Å². The first kappa shape index (κ1) is 22.0. The quantitative estimate of drug-likeness (QED) is 0.511. The molecule has 27 heavy (non-hydrogen) atoms. The lowest BCUT2D eigenvalue weighted by atomic mass is 10.1. The molecule has 0 spiro atoms. The predicted octanol–water partition coefficient (Wildman–Crippen LogP) is 3.85. The highest BCUT2D eigenvalue weighted by molar-refractivity contribution is 14.1. The molecule has 2 rings (SSSR count). The summed E-state index contributed by atoms with van der Waals surface area (Å²) in [6.07, 6.45) is 2.63. The van der Waals surface area contributed by atoms with E-state index < -0.39 is 10.0 Å². The van der Waals surface area contributed by atoms with Crippen molar-refractivity contribution < 1.29 is 13.2 Å². The lowest BCUT2D eigenvalue weighted by Gasteiger charge is -2.22. The Morgan fingerprint density at radius 2 is 1.74 bits per heavy atom. The molecule has 0 atom stereocenters. The minimum absolute atomic E-state index is 0.0833. The Bertz CT molecular complexity index is 856. The van der Waals surface area contributed by atoms with Crippen LogP contribution in [0.2, 0.25) is 5.02 Å². The molecule has 0 aromatic heterocycles. The third-order valence-corrected chi connectivity index (χ3v) is 6.09. The van der Waals surface area contributed by atoms with Gasteiger partial charge >= 0.3 is 0 Å². The number of amides is 1. The van der Waals surface area contributed by atoms with Crippen LogP contribution in [0.3, 0.4) is 0 Å². The zero-order valence-corrected chi connectivity index (χ0v) is 18.7. The summed E-state index contributed by atoms with van der Waals surface area (Å²) < 4.78 is 26.5. The number of hydrogen-bond donors (Lipinski definition) is 1. The third-order valence-electron chi connectivity index (χ3n) is 3.93. The van der Waals surface area contributed by atoms with Gasteiger partial charge in [-0.15, -0.1) is 0 Å². The van der Waals surface area contributed by atoms with Gasteiger partial charge in [-0.2, -0.15) is 0 Å². The Kier molecular flexibility index (Phi) is 8.37. The maximum atomic E-state index is 12.1. The molecule has 1 N–H and O–H groups in total. The van der Waals surface area contributed by atoms with Gasteiger partial charge in [-0.1, -0.05) is 23.7 Å². The zero-order valence-electron chi connectivity index (χ0n) is 15.0. The first-order chi connectivity index (χ1) is 12.8. The van der Waals surface area contributed by atoms with Gasteiger partial charge in [0.1, 0.15) is 0 Å². The van der Waals surface area contributed by atoms with E-state index in [4.69, 9.17) is 11.6 Å². The molecule has 5 nitrogen and oxygen atoms in total. The number of hydrogen-bond acceptors (Lipinski definition) is 3. The molecular formula is C19H22ClIN2O3S. The van der Waals surface area contributed by atoms with E-state index in [9.17, 15) is 13.2 Å². The fraction of sp³-hybridized carbons (Fsp3) is 0.316. The average molecular weight is 521 g/mol. The number of carbonyl (C=O) groups excluding carboxylic acids is 1. The van der Waals surface area contributed by atoms with Crippen molar-refractivity contribution in [2.75, 3.05) is 23.7 Å². The van der Waals surface area contributed by atoms with Gasteiger partial charge in [-0.3, -0.25) is 9.10 Å². The molecule has 0 aliphatic rings. The van der Waals surface area contributed by atoms with Crippen LogP contribution >= 0.6 is 34.2 Å². The molecule has 0 heterocycles. The fourth-order valence-electron chi connectivity index (χ4n) is 2.56. The Morgan fingerprint density at radius 3 is 2.33 bits per heavy atom. The van der Waals surface area contributed by atoms with E-state index >= 15 is 0 Å². The van der Waals surface area contributed by atoms with E-state index in [1.54, 1.807) is 12.1 Å². The molecular weight excluding hydrogens is 499 g/mol. The molecule has 0 aliphatic carbocycles. The third kappa shape index (κ3) is 7.67. The van der Waals surface area contributed by atoms with Crippen molar-refractivity contribution in [3.63, 3.8) is 0 Å². The molecule has 1 amide bonds. The van der Waals surface area contributed by atoms with Crippen LogP contribution in [0.4, 0.5) is 5.69 Å². The molecule has 0 unspecified atom stereocenters. The van der Waals surface area contributed by atoms with Crippen molar-refractivity contribution >= 4 is 55.8 Å². The molecule has 2 aromatic carbocycles. The Labute approximate surface area is 179 Å². The standard InChI is InChI=1S/C19H22ClIN2O3S/c1-27(25,26)23(18-10-8-17(21)9-11-18)14-2-3-19(24)22-13-12-15-4-6-16(20)7-5-15/h4-11H,2-3,12-14H2,1H3,(H,22,24). The molecule has 0 saturated carbocycles. The maximum Gasteiger partial charge on any atom is 0.232 e. The molecule has 8 heteroatoms. The monoisotopic (exact) mass is 520 g/mol. The summed E-state index contributed by atoms with van der Waals surface area (Å²) in [4.78, 5) is 12.0. The van der Waals surface area contributed by atoms with E-state index in [1.165, 1.54) is 10.6 Å². The topological polar surface area (TPSA) is 66.5 Å². The molecule has 146 valence electrons. The number of anilines is 1. The first-order valence-electron chi connectivity index (χ1n) is 8.50. The van der Waals surface area contributed by atoms with Crippen molar-refractivity contribution in [1.82, 2.24) is 5.32 Å².